The first kappa shape index (κ1) is 28.3. The molecule has 0 aromatic rings. The van der Waals surface area contributed by atoms with E-state index in [1.807, 2.05) is 6.92 Å². The van der Waals surface area contributed by atoms with E-state index in [-0.39, 0.29) is 12.3 Å². The molecule has 0 aliphatic carbocycles. The van der Waals surface area contributed by atoms with E-state index in [0.717, 1.165) is 6.42 Å². The molecular formula is C21H38N6O6. The Morgan fingerprint density at radius 3 is 2.24 bits per heavy atom. The number of rotatable bonds is 15. The molecule has 5 atom stereocenters. The molecule has 0 radical (unpaired) electrons. The Morgan fingerprint density at radius 2 is 1.73 bits per heavy atom. The van der Waals surface area contributed by atoms with E-state index >= 15 is 0 Å². The smallest absolute Gasteiger partial charge is 0.326 e. The minimum Gasteiger partial charge on any atom is -0.480 e. The van der Waals surface area contributed by atoms with Crippen LogP contribution in [0.3, 0.4) is 0 Å². The molecule has 1 heterocycles. The fraction of sp³-hybridized carbons (Fsp3) is 0.762. The number of nitrogens with one attached hydrogen (secondary N) is 4. The summed E-state index contributed by atoms with van der Waals surface area (Å²) in [5.41, 5.74) is 10.8. The molecule has 33 heavy (non-hydrogen) atoms. The number of hydrogen-bond donors (Lipinski definition) is 7. The van der Waals surface area contributed by atoms with Crippen molar-refractivity contribution in [2.45, 2.75) is 83.0 Å². The molecule has 12 heteroatoms. The molecule has 1 aliphatic heterocycles. The fourth-order valence-corrected chi connectivity index (χ4v) is 3.56. The highest BCUT2D eigenvalue weighted by Crippen LogP contribution is 2.10. The highest BCUT2D eigenvalue weighted by atomic mass is 16.4. The summed E-state index contributed by atoms with van der Waals surface area (Å²) < 4.78 is 0. The van der Waals surface area contributed by atoms with Crippen LogP contribution in [0.15, 0.2) is 0 Å². The third-order valence-corrected chi connectivity index (χ3v) is 5.77. The molecule has 1 fully saturated rings. The zero-order valence-corrected chi connectivity index (χ0v) is 19.4. The van der Waals surface area contributed by atoms with Crippen LogP contribution in [0.25, 0.3) is 0 Å². The third kappa shape index (κ3) is 9.74. The third-order valence-electron chi connectivity index (χ3n) is 5.77. The van der Waals surface area contributed by atoms with Gasteiger partial charge in [-0.05, 0) is 51.1 Å². The zero-order chi connectivity index (χ0) is 25.0. The van der Waals surface area contributed by atoms with E-state index < -0.39 is 60.2 Å². The molecule has 4 amide bonds. The van der Waals surface area contributed by atoms with Gasteiger partial charge in [-0.25, -0.2) is 4.79 Å². The maximum atomic E-state index is 12.9. The molecule has 12 nitrogen and oxygen atoms in total. The number of primary amides is 1. The monoisotopic (exact) mass is 470 g/mol. The van der Waals surface area contributed by atoms with Crippen molar-refractivity contribution >= 4 is 29.6 Å². The number of unbranched alkanes of at least 4 members (excludes halogenated alkanes) is 1. The first-order valence-corrected chi connectivity index (χ1v) is 11.5. The molecule has 1 aliphatic rings. The van der Waals surface area contributed by atoms with E-state index in [0.29, 0.717) is 38.8 Å². The van der Waals surface area contributed by atoms with Gasteiger partial charge >= 0.3 is 5.97 Å². The van der Waals surface area contributed by atoms with Crippen molar-refractivity contribution in [1.82, 2.24) is 21.3 Å². The number of hydrogen-bond acceptors (Lipinski definition) is 7. The Kier molecular flexibility index (Phi) is 12.4. The number of carbonyl (C=O) groups excluding carboxylic acids is 4. The predicted octanol–water partition coefficient (Wildman–Crippen LogP) is -1.67. The van der Waals surface area contributed by atoms with Gasteiger partial charge in [-0.3, -0.25) is 19.2 Å². The van der Waals surface area contributed by atoms with Crippen molar-refractivity contribution in [3.05, 3.63) is 0 Å². The summed E-state index contributed by atoms with van der Waals surface area (Å²) in [4.78, 5) is 61.3. The molecule has 0 bridgehead atoms. The molecule has 0 spiro atoms. The minimum absolute atomic E-state index is 0.211. The second kappa shape index (κ2) is 14.4. The minimum atomic E-state index is -1.26. The lowest BCUT2D eigenvalue weighted by Crippen LogP contribution is -2.58. The molecule has 0 aromatic heterocycles. The fourth-order valence-electron chi connectivity index (χ4n) is 3.56. The number of carbonyl (C=O) groups is 5. The second-order valence-corrected chi connectivity index (χ2v) is 8.44. The van der Waals surface area contributed by atoms with Gasteiger partial charge < -0.3 is 37.8 Å². The topological polar surface area (TPSA) is 206 Å². The molecular weight excluding hydrogens is 432 g/mol. The average molecular weight is 471 g/mol. The SMILES string of the molecule is CCC(C)C(NC(=O)C(CCCCN)NC(=O)C(CC(N)=O)NC(=O)C1CCCN1)C(=O)O. The summed E-state index contributed by atoms with van der Waals surface area (Å²) in [5.74, 6) is -4.12. The molecule has 5 unspecified atom stereocenters. The van der Waals surface area contributed by atoms with E-state index in [4.69, 9.17) is 11.5 Å². The highest BCUT2D eigenvalue weighted by molar-refractivity contribution is 5.96. The normalized spacial score (nSPS) is 19.1. The van der Waals surface area contributed by atoms with Gasteiger partial charge in [0.05, 0.1) is 12.5 Å². The Bertz CT molecular complexity index is 697. The Hall–Kier alpha value is -2.73. The van der Waals surface area contributed by atoms with Crippen LogP contribution in [-0.4, -0.2) is 72.0 Å². The number of carboxylic acids is 1. The lowest BCUT2D eigenvalue weighted by Gasteiger charge is -2.26. The van der Waals surface area contributed by atoms with Crippen molar-refractivity contribution in [3.63, 3.8) is 0 Å². The van der Waals surface area contributed by atoms with E-state index in [1.165, 1.54) is 0 Å². The van der Waals surface area contributed by atoms with Gasteiger partial charge in [0.25, 0.3) is 0 Å². The molecule has 9 N–H and O–H groups in total. The van der Waals surface area contributed by atoms with Crippen LogP contribution in [0.4, 0.5) is 0 Å². The summed E-state index contributed by atoms with van der Waals surface area (Å²) in [7, 11) is 0. The van der Waals surface area contributed by atoms with Crippen LogP contribution in [0.2, 0.25) is 0 Å². The van der Waals surface area contributed by atoms with E-state index in [1.54, 1.807) is 6.92 Å². The lowest BCUT2D eigenvalue weighted by atomic mass is 9.98. The average Bonchev–Trinajstić information content (AvgIpc) is 3.30. The maximum Gasteiger partial charge on any atom is 0.326 e. The van der Waals surface area contributed by atoms with Crippen LogP contribution in [0.5, 0.6) is 0 Å². The van der Waals surface area contributed by atoms with E-state index in [9.17, 15) is 29.1 Å². The van der Waals surface area contributed by atoms with Gasteiger partial charge in [-0.2, -0.15) is 0 Å². The molecule has 188 valence electrons. The van der Waals surface area contributed by atoms with Crippen LogP contribution >= 0.6 is 0 Å². The first-order chi connectivity index (χ1) is 15.6. The van der Waals surface area contributed by atoms with Crippen molar-refractivity contribution < 1.29 is 29.1 Å². The first-order valence-electron chi connectivity index (χ1n) is 11.5. The van der Waals surface area contributed by atoms with Crippen molar-refractivity contribution in [2.24, 2.45) is 17.4 Å². The quantitative estimate of drug-likeness (QED) is 0.137. The molecule has 0 aromatic carbocycles. The summed E-state index contributed by atoms with van der Waals surface area (Å²) >= 11 is 0. The summed E-state index contributed by atoms with van der Waals surface area (Å²) in [5, 5.41) is 20.0. The van der Waals surface area contributed by atoms with Crippen LogP contribution < -0.4 is 32.7 Å². The highest BCUT2D eigenvalue weighted by Gasteiger charge is 2.33. The second-order valence-electron chi connectivity index (χ2n) is 8.44. The number of amides is 4. The Balaban J connectivity index is 2.94. The van der Waals surface area contributed by atoms with E-state index in [2.05, 4.69) is 21.3 Å². The van der Waals surface area contributed by atoms with Gasteiger partial charge in [0, 0.05) is 0 Å². The van der Waals surface area contributed by atoms with Crippen molar-refractivity contribution in [3.8, 4) is 0 Å². The van der Waals surface area contributed by atoms with Gasteiger partial charge in [0.1, 0.15) is 18.1 Å². The van der Waals surface area contributed by atoms with Crippen molar-refractivity contribution in [1.29, 1.82) is 0 Å². The standard InChI is InChI=1S/C21H38N6O6/c1-3-12(2)17(21(32)33)27-19(30)14(7-4-5-9-22)25-20(31)15(11-16(23)28)26-18(29)13-8-6-10-24-13/h12-15,17,24H,3-11,22H2,1-2H3,(H2,23,28)(H,25,31)(H,26,29)(H,27,30)(H,32,33). The molecule has 0 saturated carbocycles. The number of carboxylic acid groups (broad SMARTS) is 1. The Labute approximate surface area is 194 Å². The summed E-state index contributed by atoms with van der Waals surface area (Å²) in [6, 6.07) is -3.91. The molecule has 1 rings (SSSR count). The number of nitrogens with two attached hydrogens (primary N) is 2. The van der Waals surface area contributed by atoms with Crippen molar-refractivity contribution in [2.75, 3.05) is 13.1 Å². The van der Waals surface area contributed by atoms with Crippen LogP contribution in [0, 0.1) is 5.92 Å². The van der Waals surface area contributed by atoms with Gasteiger partial charge in [0.2, 0.25) is 23.6 Å². The largest absolute Gasteiger partial charge is 0.480 e. The number of aliphatic carboxylic acids is 1. The van der Waals surface area contributed by atoms with Gasteiger partial charge in [0.15, 0.2) is 0 Å². The predicted molar refractivity (Wildman–Crippen MR) is 121 cm³/mol. The Morgan fingerprint density at radius 1 is 1.06 bits per heavy atom. The van der Waals surface area contributed by atoms with Crippen LogP contribution in [-0.2, 0) is 24.0 Å². The zero-order valence-electron chi connectivity index (χ0n) is 19.4. The van der Waals surface area contributed by atoms with Crippen LogP contribution in [0.1, 0.15) is 58.8 Å². The summed E-state index contributed by atoms with van der Waals surface area (Å²) in [6.45, 7) is 4.58. The summed E-state index contributed by atoms with van der Waals surface area (Å²) in [6.07, 6.45) is 2.83. The van der Waals surface area contributed by atoms with Gasteiger partial charge in [-0.1, -0.05) is 20.3 Å². The maximum absolute atomic E-state index is 12.9. The lowest BCUT2D eigenvalue weighted by molar-refractivity contribution is -0.144. The van der Waals surface area contributed by atoms with Gasteiger partial charge in [-0.15, -0.1) is 0 Å². The molecule has 1 saturated heterocycles.